The van der Waals surface area contributed by atoms with Gasteiger partial charge in [0.1, 0.15) is 30.2 Å². The number of carboxylic acid groups (broad SMARTS) is 1. The average Bonchev–Trinajstić information content (AvgIpc) is 2.66. The zero-order chi connectivity index (χ0) is 20.1. The lowest BCUT2D eigenvalue weighted by Crippen LogP contribution is -2.60. The second kappa shape index (κ2) is 9.02. The third-order valence-electron chi connectivity index (χ3n) is 4.01. The highest BCUT2D eigenvalue weighted by atomic mass is 16.7. The molecule has 1 saturated heterocycles. The van der Waals surface area contributed by atoms with E-state index in [4.69, 9.17) is 24.1 Å². The fourth-order valence-electron chi connectivity index (χ4n) is 2.56. The number of ether oxygens (including phenoxy) is 4. The van der Waals surface area contributed by atoms with E-state index in [1.807, 2.05) is 0 Å². The zero-order valence-electron chi connectivity index (χ0n) is 14.7. The normalized spacial score (nSPS) is 28.1. The summed E-state index contributed by atoms with van der Waals surface area (Å²) in [7, 11) is 2.79. The van der Waals surface area contributed by atoms with Gasteiger partial charge < -0.3 is 44.5 Å². The van der Waals surface area contributed by atoms with Gasteiger partial charge in [-0.05, 0) is 12.1 Å². The molecule has 1 aromatic carbocycles. The van der Waals surface area contributed by atoms with Crippen molar-refractivity contribution in [3.05, 3.63) is 23.8 Å². The summed E-state index contributed by atoms with van der Waals surface area (Å²) in [6.45, 7) is -0.609. The Bertz CT molecular complexity index is 687. The summed E-state index contributed by atoms with van der Waals surface area (Å²) in [6, 6.07) is 2.85. The molecule has 0 radical (unpaired) electrons. The lowest BCUT2D eigenvalue weighted by molar-refractivity contribution is -0.277. The number of carboxylic acids is 1. The highest BCUT2D eigenvalue weighted by Gasteiger charge is 2.44. The van der Waals surface area contributed by atoms with Gasteiger partial charge in [-0.3, -0.25) is 0 Å². The minimum absolute atomic E-state index is 0.0643. The fraction of sp³-hybridized carbons (Fsp3) is 0.471. The standard InChI is InChI=1S/C17H22O10/c1-24-10-5-8(3-4-13(19)20)9(6-11(10)25-2)26-17-16(23)15(22)14(21)12(7-18)27-17/h3-6,12,14-18,21-23H,7H2,1-2H3,(H,19,20)/t12-,14-,15+,16-,17-/m0/s1. The van der Waals surface area contributed by atoms with Crippen LogP contribution in [0, 0.1) is 0 Å². The Labute approximate surface area is 154 Å². The highest BCUT2D eigenvalue weighted by Crippen LogP contribution is 2.37. The Balaban J connectivity index is 2.39. The van der Waals surface area contributed by atoms with Crippen molar-refractivity contribution in [3.63, 3.8) is 0 Å². The third kappa shape index (κ3) is 4.67. The van der Waals surface area contributed by atoms with E-state index in [1.54, 1.807) is 0 Å². The van der Waals surface area contributed by atoms with Crippen molar-refractivity contribution in [2.45, 2.75) is 30.7 Å². The summed E-state index contributed by atoms with van der Waals surface area (Å²) in [4.78, 5) is 10.8. The predicted molar refractivity (Wildman–Crippen MR) is 90.6 cm³/mol. The van der Waals surface area contributed by atoms with Crippen molar-refractivity contribution in [3.8, 4) is 17.2 Å². The first-order chi connectivity index (χ1) is 12.8. The minimum Gasteiger partial charge on any atom is -0.493 e. The van der Waals surface area contributed by atoms with E-state index in [0.717, 1.165) is 6.08 Å². The molecule has 0 spiro atoms. The van der Waals surface area contributed by atoms with Crippen molar-refractivity contribution in [1.29, 1.82) is 0 Å². The lowest BCUT2D eigenvalue weighted by atomic mass is 9.99. The molecular formula is C17H22O10. The van der Waals surface area contributed by atoms with Crippen molar-refractivity contribution in [2.75, 3.05) is 20.8 Å². The van der Waals surface area contributed by atoms with E-state index in [-0.39, 0.29) is 17.1 Å². The van der Waals surface area contributed by atoms with Gasteiger partial charge in [0.25, 0.3) is 0 Å². The zero-order valence-corrected chi connectivity index (χ0v) is 14.7. The summed E-state index contributed by atoms with van der Waals surface area (Å²) < 4.78 is 21.2. The van der Waals surface area contributed by atoms with Crippen LogP contribution in [0.1, 0.15) is 5.56 Å². The van der Waals surface area contributed by atoms with Gasteiger partial charge in [0, 0.05) is 17.7 Å². The number of benzene rings is 1. The van der Waals surface area contributed by atoms with E-state index >= 15 is 0 Å². The molecule has 0 unspecified atom stereocenters. The molecule has 5 atom stereocenters. The van der Waals surface area contributed by atoms with Crippen LogP contribution in [0.4, 0.5) is 0 Å². The Morgan fingerprint density at radius 1 is 1.07 bits per heavy atom. The van der Waals surface area contributed by atoms with Crippen LogP contribution < -0.4 is 14.2 Å². The molecule has 0 bridgehead atoms. The minimum atomic E-state index is -1.62. The second-order valence-corrected chi connectivity index (χ2v) is 5.73. The van der Waals surface area contributed by atoms with Crippen LogP contribution in [-0.2, 0) is 9.53 Å². The summed E-state index contributed by atoms with van der Waals surface area (Å²) in [5.41, 5.74) is 0.270. The first kappa shape index (κ1) is 20.9. The summed E-state index contributed by atoms with van der Waals surface area (Å²) in [5.74, 6) is -0.550. The number of hydrogen-bond acceptors (Lipinski definition) is 9. The fourth-order valence-corrected chi connectivity index (χ4v) is 2.56. The summed E-state index contributed by atoms with van der Waals surface area (Å²) >= 11 is 0. The number of hydrogen-bond donors (Lipinski definition) is 5. The second-order valence-electron chi connectivity index (χ2n) is 5.73. The molecule has 1 aromatic rings. The molecule has 0 amide bonds. The molecule has 10 nitrogen and oxygen atoms in total. The average molecular weight is 386 g/mol. The van der Waals surface area contributed by atoms with Crippen LogP contribution in [0.2, 0.25) is 0 Å². The van der Waals surface area contributed by atoms with E-state index in [0.29, 0.717) is 5.75 Å². The number of aliphatic carboxylic acids is 1. The highest BCUT2D eigenvalue weighted by molar-refractivity contribution is 5.86. The molecule has 10 heteroatoms. The van der Waals surface area contributed by atoms with Gasteiger partial charge in [0.2, 0.25) is 6.29 Å². The van der Waals surface area contributed by atoms with Crippen molar-refractivity contribution in [2.24, 2.45) is 0 Å². The van der Waals surface area contributed by atoms with Gasteiger partial charge in [-0.2, -0.15) is 0 Å². The summed E-state index contributed by atoms with van der Waals surface area (Å²) in [6.07, 6.45) is -5.22. The van der Waals surface area contributed by atoms with Crippen LogP contribution >= 0.6 is 0 Å². The van der Waals surface area contributed by atoms with Crippen molar-refractivity contribution >= 4 is 12.0 Å². The van der Waals surface area contributed by atoms with Crippen LogP contribution in [0.25, 0.3) is 6.08 Å². The number of methoxy groups -OCH3 is 2. The monoisotopic (exact) mass is 386 g/mol. The predicted octanol–water partition coefficient (Wildman–Crippen LogP) is -1.02. The molecule has 0 saturated carbocycles. The van der Waals surface area contributed by atoms with Crippen LogP contribution in [0.15, 0.2) is 18.2 Å². The number of aliphatic hydroxyl groups is 4. The molecule has 2 rings (SSSR count). The van der Waals surface area contributed by atoms with Crippen LogP contribution in [0.5, 0.6) is 17.2 Å². The molecule has 1 aliphatic rings. The smallest absolute Gasteiger partial charge is 0.328 e. The first-order valence-electron chi connectivity index (χ1n) is 7.96. The third-order valence-corrected chi connectivity index (χ3v) is 4.01. The van der Waals surface area contributed by atoms with E-state index in [9.17, 15) is 25.2 Å². The summed E-state index contributed by atoms with van der Waals surface area (Å²) in [5, 5.41) is 47.9. The van der Waals surface area contributed by atoms with Crippen LogP contribution in [-0.4, -0.2) is 83.0 Å². The number of rotatable bonds is 7. The van der Waals surface area contributed by atoms with Gasteiger partial charge in [-0.25, -0.2) is 4.79 Å². The SMILES string of the molecule is COc1cc(C=CC(=O)O)c(O[C@H]2O[C@@H](CO)[C@H](O)[C@@H](O)[C@@H]2O)cc1OC. The molecule has 0 aromatic heterocycles. The van der Waals surface area contributed by atoms with Gasteiger partial charge in [-0.1, -0.05) is 0 Å². The maximum atomic E-state index is 10.8. The maximum absolute atomic E-state index is 10.8. The number of carbonyl (C=O) groups is 1. The molecule has 1 aliphatic heterocycles. The van der Waals surface area contributed by atoms with Gasteiger partial charge in [0.15, 0.2) is 11.5 Å². The largest absolute Gasteiger partial charge is 0.493 e. The van der Waals surface area contributed by atoms with E-state index < -0.39 is 43.3 Å². The molecule has 1 fully saturated rings. The maximum Gasteiger partial charge on any atom is 0.328 e. The first-order valence-corrected chi connectivity index (χ1v) is 7.96. The van der Waals surface area contributed by atoms with Crippen molar-refractivity contribution in [1.82, 2.24) is 0 Å². The van der Waals surface area contributed by atoms with E-state index in [2.05, 4.69) is 0 Å². The molecule has 1 heterocycles. The van der Waals surface area contributed by atoms with E-state index in [1.165, 1.54) is 32.4 Å². The Morgan fingerprint density at radius 2 is 1.70 bits per heavy atom. The van der Waals surface area contributed by atoms with Gasteiger partial charge >= 0.3 is 5.97 Å². The molecule has 0 aliphatic carbocycles. The Hall–Kier alpha value is -2.37. The molecule has 5 N–H and O–H groups in total. The van der Waals surface area contributed by atoms with Gasteiger partial charge in [0.05, 0.1) is 20.8 Å². The van der Waals surface area contributed by atoms with Crippen molar-refractivity contribution < 1.29 is 49.3 Å². The molecular weight excluding hydrogens is 364 g/mol. The number of aliphatic hydroxyl groups excluding tert-OH is 4. The lowest BCUT2D eigenvalue weighted by Gasteiger charge is -2.39. The quantitative estimate of drug-likeness (QED) is 0.368. The Morgan fingerprint density at radius 3 is 2.26 bits per heavy atom. The Kier molecular flexibility index (Phi) is 6.99. The topological polar surface area (TPSA) is 155 Å². The molecule has 27 heavy (non-hydrogen) atoms. The van der Waals surface area contributed by atoms with Gasteiger partial charge in [-0.15, -0.1) is 0 Å². The van der Waals surface area contributed by atoms with Crippen LogP contribution in [0.3, 0.4) is 0 Å². The molecule has 150 valence electrons.